The van der Waals surface area contributed by atoms with Crippen LogP contribution in [0.5, 0.6) is 0 Å². The van der Waals surface area contributed by atoms with E-state index >= 15 is 0 Å². The number of carboxylic acid groups (broad SMARTS) is 1. The lowest BCUT2D eigenvalue weighted by Gasteiger charge is -2.14. The predicted molar refractivity (Wildman–Crippen MR) is 136 cm³/mol. The number of aromatic amines is 1. The molecular formula is C26H28N4O3S. The second-order valence-corrected chi connectivity index (χ2v) is 9.16. The number of nitrogens with one attached hydrogen (secondary N) is 2. The second kappa shape index (κ2) is 11.1. The van der Waals surface area contributed by atoms with E-state index in [-0.39, 0.29) is 5.91 Å². The summed E-state index contributed by atoms with van der Waals surface area (Å²) in [5.74, 6) is -0.737. The molecule has 0 aliphatic rings. The number of hydrogen-bond donors (Lipinski definition) is 3. The molecule has 2 aromatic heterocycles. The zero-order valence-corrected chi connectivity index (χ0v) is 19.8. The molecule has 0 fully saturated rings. The summed E-state index contributed by atoms with van der Waals surface area (Å²) in [6.45, 7) is 0.721. The second-order valence-electron chi connectivity index (χ2n) is 8.18. The number of amides is 1. The number of carbonyl (C=O) groups excluding carboxylic acids is 1. The van der Waals surface area contributed by atoms with E-state index in [4.69, 9.17) is 0 Å². The number of aromatic nitrogens is 3. The Morgan fingerprint density at radius 1 is 1.15 bits per heavy atom. The molecule has 1 amide bonds. The van der Waals surface area contributed by atoms with Crippen molar-refractivity contribution in [2.45, 2.75) is 31.8 Å². The Bertz CT molecular complexity index is 1260. The normalized spacial score (nSPS) is 12.0. The van der Waals surface area contributed by atoms with Crippen LogP contribution in [0, 0.1) is 0 Å². The summed E-state index contributed by atoms with van der Waals surface area (Å²) in [5.41, 5.74) is 3.29. The van der Waals surface area contributed by atoms with Gasteiger partial charge in [-0.25, -0.2) is 9.78 Å². The van der Waals surface area contributed by atoms with Crippen LogP contribution in [0.4, 0.5) is 0 Å². The third kappa shape index (κ3) is 5.51. The van der Waals surface area contributed by atoms with Crippen LogP contribution in [0.15, 0.2) is 67.4 Å². The fourth-order valence-electron chi connectivity index (χ4n) is 4.10. The molecule has 1 unspecified atom stereocenters. The van der Waals surface area contributed by atoms with Crippen molar-refractivity contribution in [3.05, 3.63) is 78.6 Å². The fraction of sp³-hybridized carbons (Fsp3) is 0.269. The first-order valence-corrected chi connectivity index (χ1v) is 12.6. The van der Waals surface area contributed by atoms with Crippen molar-refractivity contribution >= 4 is 34.4 Å². The van der Waals surface area contributed by atoms with Gasteiger partial charge in [-0.05, 0) is 47.6 Å². The molecule has 0 saturated heterocycles. The number of H-pyrrole nitrogens is 1. The highest BCUT2D eigenvalue weighted by atomic mass is 32.2. The highest BCUT2D eigenvalue weighted by Gasteiger charge is 2.24. The predicted octanol–water partition coefficient (Wildman–Crippen LogP) is 4.60. The fourth-order valence-corrected chi connectivity index (χ4v) is 4.57. The lowest BCUT2D eigenvalue weighted by molar-refractivity contribution is -0.139. The van der Waals surface area contributed by atoms with E-state index < -0.39 is 12.0 Å². The van der Waals surface area contributed by atoms with E-state index in [1.54, 1.807) is 18.1 Å². The van der Waals surface area contributed by atoms with Crippen molar-refractivity contribution in [3.63, 3.8) is 0 Å². The molecule has 34 heavy (non-hydrogen) atoms. The van der Waals surface area contributed by atoms with Crippen LogP contribution >= 0.6 is 11.8 Å². The molecule has 176 valence electrons. The Morgan fingerprint density at radius 3 is 2.74 bits per heavy atom. The molecule has 0 aliphatic carbocycles. The van der Waals surface area contributed by atoms with Gasteiger partial charge in [0.25, 0.3) is 5.91 Å². The topological polar surface area (TPSA) is 100 Å². The van der Waals surface area contributed by atoms with Gasteiger partial charge in [-0.3, -0.25) is 4.79 Å². The van der Waals surface area contributed by atoms with E-state index in [1.165, 1.54) is 0 Å². The number of fused-ring (bicyclic) bond motifs is 1. The number of carbonyl (C=O) groups is 2. The van der Waals surface area contributed by atoms with Gasteiger partial charge >= 0.3 is 5.97 Å². The summed E-state index contributed by atoms with van der Waals surface area (Å²) < 4.78 is 2.01. The van der Waals surface area contributed by atoms with Gasteiger partial charge in [0.05, 0.1) is 11.9 Å². The first-order chi connectivity index (χ1) is 16.6. The molecule has 1 atom stereocenters. The van der Waals surface area contributed by atoms with Gasteiger partial charge in [0, 0.05) is 36.4 Å². The summed E-state index contributed by atoms with van der Waals surface area (Å²) in [4.78, 5) is 32.2. The maximum Gasteiger partial charge on any atom is 0.326 e. The number of nitrogens with zero attached hydrogens (tertiary/aromatic N) is 2. The molecule has 0 spiro atoms. The van der Waals surface area contributed by atoms with E-state index in [2.05, 4.69) is 15.3 Å². The molecule has 2 heterocycles. The number of rotatable bonds is 11. The van der Waals surface area contributed by atoms with E-state index in [0.29, 0.717) is 17.7 Å². The zero-order chi connectivity index (χ0) is 23.9. The van der Waals surface area contributed by atoms with Crippen LogP contribution in [0.25, 0.3) is 21.9 Å². The average Bonchev–Trinajstić information content (AvgIpc) is 3.51. The summed E-state index contributed by atoms with van der Waals surface area (Å²) in [7, 11) is 0. The number of aryl methyl sites for hydroxylation is 2. The molecule has 0 aliphatic heterocycles. The molecule has 0 radical (unpaired) electrons. The molecule has 8 heteroatoms. The Kier molecular flexibility index (Phi) is 7.69. The summed E-state index contributed by atoms with van der Waals surface area (Å²) in [6.07, 6.45) is 11.3. The quantitative estimate of drug-likeness (QED) is 0.294. The van der Waals surface area contributed by atoms with E-state index in [9.17, 15) is 14.7 Å². The third-order valence-electron chi connectivity index (χ3n) is 5.84. The van der Waals surface area contributed by atoms with Gasteiger partial charge in [0.15, 0.2) is 0 Å². The van der Waals surface area contributed by atoms with Gasteiger partial charge in [0.2, 0.25) is 0 Å². The lowest BCUT2D eigenvalue weighted by Crippen LogP contribution is -2.41. The SMILES string of the molecule is CSCCC(NC(=O)c1cn(CCCc2cnc[nH]2)cc1-c1cccc2ccccc12)C(=O)O. The molecule has 7 nitrogen and oxygen atoms in total. The van der Waals surface area contributed by atoms with Gasteiger partial charge in [-0.15, -0.1) is 0 Å². The maximum absolute atomic E-state index is 13.3. The smallest absolute Gasteiger partial charge is 0.326 e. The number of hydrogen-bond acceptors (Lipinski definition) is 4. The number of carboxylic acids is 1. The van der Waals surface area contributed by atoms with Crippen LogP contribution in [0.1, 0.15) is 28.9 Å². The van der Waals surface area contributed by atoms with Crippen molar-refractivity contribution in [3.8, 4) is 11.1 Å². The maximum atomic E-state index is 13.3. The van der Waals surface area contributed by atoms with Crippen LogP contribution in [0.3, 0.4) is 0 Å². The molecule has 2 aromatic carbocycles. The Labute approximate surface area is 202 Å². The van der Waals surface area contributed by atoms with Crippen LogP contribution < -0.4 is 5.32 Å². The molecule has 4 rings (SSSR count). The van der Waals surface area contributed by atoms with Crippen LogP contribution in [-0.4, -0.2) is 49.6 Å². The van der Waals surface area contributed by atoms with Crippen molar-refractivity contribution in [1.29, 1.82) is 0 Å². The summed E-state index contributed by atoms with van der Waals surface area (Å²) >= 11 is 1.56. The van der Waals surface area contributed by atoms with Gasteiger partial charge in [0.1, 0.15) is 6.04 Å². The molecule has 3 N–H and O–H groups in total. The molecule has 0 saturated carbocycles. The van der Waals surface area contributed by atoms with Gasteiger partial charge in [-0.1, -0.05) is 42.5 Å². The zero-order valence-electron chi connectivity index (χ0n) is 19.0. The largest absolute Gasteiger partial charge is 0.480 e. The molecule has 0 bridgehead atoms. The first kappa shape index (κ1) is 23.6. The number of benzene rings is 2. The summed E-state index contributed by atoms with van der Waals surface area (Å²) in [6, 6.07) is 13.2. The lowest BCUT2D eigenvalue weighted by atomic mass is 9.97. The Balaban J connectivity index is 1.66. The monoisotopic (exact) mass is 476 g/mol. The molecule has 4 aromatic rings. The Morgan fingerprint density at radius 2 is 1.97 bits per heavy atom. The third-order valence-corrected chi connectivity index (χ3v) is 6.48. The highest BCUT2D eigenvalue weighted by molar-refractivity contribution is 7.98. The van der Waals surface area contributed by atoms with Crippen molar-refractivity contribution in [2.75, 3.05) is 12.0 Å². The number of thioether (sulfide) groups is 1. The van der Waals surface area contributed by atoms with Crippen LogP contribution in [-0.2, 0) is 17.8 Å². The molecular weight excluding hydrogens is 448 g/mol. The minimum atomic E-state index is -1.02. The van der Waals surface area contributed by atoms with Crippen molar-refractivity contribution in [2.24, 2.45) is 0 Å². The van der Waals surface area contributed by atoms with E-state index in [0.717, 1.165) is 47.0 Å². The minimum Gasteiger partial charge on any atom is -0.480 e. The average molecular weight is 477 g/mol. The van der Waals surface area contributed by atoms with Crippen LogP contribution in [0.2, 0.25) is 0 Å². The van der Waals surface area contributed by atoms with E-state index in [1.807, 2.05) is 71.9 Å². The summed E-state index contributed by atoms with van der Waals surface area (Å²) in [5, 5.41) is 14.5. The van der Waals surface area contributed by atoms with Gasteiger partial charge < -0.3 is 20.0 Å². The van der Waals surface area contributed by atoms with Gasteiger partial charge in [-0.2, -0.15) is 11.8 Å². The minimum absolute atomic E-state index is 0.372. The standard InChI is InChI=1S/C26H28N4O3S/c1-34-13-11-24(26(32)33)29-25(31)23-16-30(12-5-8-19-14-27-17-28-19)15-22(23)21-10-4-7-18-6-2-3-9-20(18)21/h2-4,6-7,9-10,14-17,24H,5,8,11-13H2,1H3,(H,27,28)(H,29,31)(H,32,33). The Hall–Kier alpha value is -3.52. The number of aliphatic carboxylic acids is 1. The number of imidazole rings is 1. The van der Waals surface area contributed by atoms with Crippen molar-refractivity contribution < 1.29 is 14.7 Å². The van der Waals surface area contributed by atoms with Crippen molar-refractivity contribution in [1.82, 2.24) is 19.9 Å². The highest BCUT2D eigenvalue weighted by Crippen LogP contribution is 2.32. The first-order valence-electron chi connectivity index (χ1n) is 11.2.